The monoisotopic (exact) mass is 407 g/mol. The minimum Gasteiger partial charge on any atom is -0.338 e. The molecule has 150 valence electrons. The molecular weight excluding hydrogens is 382 g/mol. The number of nitrogens with zero attached hydrogens (tertiary/aromatic N) is 7. The Labute approximate surface area is 175 Å². The van der Waals surface area contributed by atoms with E-state index in [1.54, 1.807) is 0 Å². The quantitative estimate of drug-likeness (QED) is 0.598. The predicted octanol–water partition coefficient (Wildman–Crippen LogP) is 3.10. The summed E-state index contributed by atoms with van der Waals surface area (Å²) in [6.45, 7) is 7.96. The van der Waals surface area contributed by atoms with Gasteiger partial charge in [-0.2, -0.15) is 9.97 Å². The van der Waals surface area contributed by atoms with Gasteiger partial charge in [-0.1, -0.05) is 37.3 Å². The maximum absolute atomic E-state index is 4.78. The van der Waals surface area contributed by atoms with E-state index in [0.717, 1.165) is 61.2 Å². The molecule has 0 saturated carbocycles. The lowest BCUT2D eigenvalue weighted by Crippen LogP contribution is -2.45. The van der Waals surface area contributed by atoms with Gasteiger partial charge >= 0.3 is 0 Å². The van der Waals surface area contributed by atoms with E-state index in [9.17, 15) is 0 Å². The average molecular weight is 408 g/mol. The summed E-state index contributed by atoms with van der Waals surface area (Å²) in [6.07, 6.45) is 2.63. The molecule has 2 aromatic heterocycles. The van der Waals surface area contributed by atoms with Crippen LogP contribution in [0.25, 0.3) is 11.3 Å². The van der Waals surface area contributed by atoms with Gasteiger partial charge in [0.25, 0.3) is 0 Å². The van der Waals surface area contributed by atoms with Crippen LogP contribution >= 0.6 is 11.8 Å². The summed E-state index contributed by atoms with van der Waals surface area (Å²) >= 11 is 1.39. The van der Waals surface area contributed by atoms with Crippen LogP contribution in [0.4, 0.5) is 5.95 Å². The largest absolute Gasteiger partial charge is 0.338 e. The fraction of sp³-hybridized carbons (Fsp3) is 0.381. The van der Waals surface area contributed by atoms with Crippen LogP contribution in [0.5, 0.6) is 0 Å². The lowest BCUT2D eigenvalue weighted by molar-refractivity contribution is 0.310. The Morgan fingerprint density at radius 2 is 1.69 bits per heavy atom. The topological polar surface area (TPSA) is 70.9 Å². The van der Waals surface area contributed by atoms with Crippen molar-refractivity contribution in [1.82, 2.24) is 29.8 Å². The molecule has 0 aliphatic carbocycles. The maximum Gasteiger partial charge on any atom is 0.229 e. The third-order valence-corrected chi connectivity index (χ3v) is 5.68. The Hall–Kier alpha value is -2.58. The van der Waals surface area contributed by atoms with Gasteiger partial charge in [-0.15, -0.1) is 0 Å². The second-order valence-electron chi connectivity index (χ2n) is 7.13. The molecule has 3 aromatic rings. The molecule has 1 aliphatic rings. The van der Waals surface area contributed by atoms with Crippen LogP contribution in [-0.4, -0.2) is 63.0 Å². The number of hydrogen-bond acceptors (Lipinski definition) is 8. The molecule has 7 nitrogen and oxygen atoms in total. The smallest absolute Gasteiger partial charge is 0.229 e. The summed E-state index contributed by atoms with van der Waals surface area (Å²) in [7, 11) is 2.14. The minimum absolute atomic E-state index is 0.645. The van der Waals surface area contributed by atoms with E-state index in [1.807, 2.05) is 31.3 Å². The van der Waals surface area contributed by atoms with Gasteiger partial charge in [-0.3, -0.25) is 0 Å². The van der Waals surface area contributed by atoms with Crippen LogP contribution in [0.15, 0.2) is 46.8 Å². The Morgan fingerprint density at radius 3 is 2.41 bits per heavy atom. The standard InChI is InChI=1S/C21H25N7S/c1-4-17-23-19(28-12-10-27(3)11-13-28)26-21(24-17)29-20-22-14-15(2)18(25-20)16-8-6-5-7-9-16/h5-9,14H,4,10-13H2,1-3H3. The van der Waals surface area contributed by atoms with Crippen LogP contribution in [0.3, 0.4) is 0 Å². The molecular formula is C21H25N7S. The van der Waals surface area contributed by atoms with Crippen molar-refractivity contribution in [2.45, 2.75) is 30.6 Å². The zero-order chi connectivity index (χ0) is 20.2. The van der Waals surface area contributed by atoms with Crippen LogP contribution < -0.4 is 4.90 Å². The molecule has 0 unspecified atom stereocenters. The van der Waals surface area contributed by atoms with E-state index in [2.05, 4.69) is 50.9 Å². The van der Waals surface area contributed by atoms with Crippen molar-refractivity contribution in [2.24, 2.45) is 0 Å². The van der Waals surface area contributed by atoms with Crippen molar-refractivity contribution < 1.29 is 0 Å². The molecule has 1 aromatic carbocycles. The van der Waals surface area contributed by atoms with Gasteiger partial charge in [0.2, 0.25) is 11.1 Å². The van der Waals surface area contributed by atoms with Crippen LogP contribution in [-0.2, 0) is 6.42 Å². The predicted molar refractivity (Wildman–Crippen MR) is 115 cm³/mol. The Bertz CT molecular complexity index is 972. The molecule has 0 atom stereocenters. The highest BCUT2D eigenvalue weighted by Crippen LogP contribution is 2.27. The zero-order valence-corrected chi connectivity index (χ0v) is 17.9. The highest BCUT2D eigenvalue weighted by molar-refractivity contribution is 7.99. The lowest BCUT2D eigenvalue weighted by atomic mass is 10.1. The number of hydrogen-bond donors (Lipinski definition) is 0. The van der Waals surface area contributed by atoms with Crippen molar-refractivity contribution in [3.8, 4) is 11.3 Å². The first kappa shape index (κ1) is 19.7. The summed E-state index contributed by atoms with van der Waals surface area (Å²) in [5.74, 6) is 1.55. The lowest BCUT2D eigenvalue weighted by Gasteiger charge is -2.32. The fourth-order valence-electron chi connectivity index (χ4n) is 3.18. The second kappa shape index (κ2) is 8.84. The zero-order valence-electron chi connectivity index (χ0n) is 17.0. The molecule has 1 aliphatic heterocycles. The molecule has 4 rings (SSSR count). The van der Waals surface area contributed by atoms with E-state index in [0.29, 0.717) is 10.3 Å². The molecule has 0 radical (unpaired) electrons. The van der Waals surface area contributed by atoms with Crippen molar-refractivity contribution in [3.05, 3.63) is 47.9 Å². The molecule has 0 bridgehead atoms. The van der Waals surface area contributed by atoms with Crippen molar-refractivity contribution in [3.63, 3.8) is 0 Å². The Morgan fingerprint density at radius 1 is 0.931 bits per heavy atom. The molecule has 0 N–H and O–H groups in total. The van der Waals surface area contributed by atoms with E-state index in [4.69, 9.17) is 9.97 Å². The summed E-state index contributed by atoms with van der Waals surface area (Å²) in [5, 5.41) is 1.29. The fourth-order valence-corrected chi connectivity index (χ4v) is 3.87. The molecule has 1 fully saturated rings. The number of likely N-dealkylation sites (N-methyl/N-ethyl adjacent to an activating group) is 1. The summed E-state index contributed by atoms with van der Waals surface area (Å²) in [4.78, 5) is 27.8. The molecule has 8 heteroatoms. The maximum atomic E-state index is 4.78. The first-order chi connectivity index (χ1) is 14.1. The summed E-state index contributed by atoms with van der Waals surface area (Å²) < 4.78 is 0. The van der Waals surface area contributed by atoms with Gasteiger partial charge in [-0.05, 0) is 31.3 Å². The molecule has 3 heterocycles. The number of aromatic nitrogens is 5. The van der Waals surface area contributed by atoms with Crippen LogP contribution in [0.1, 0.15) is 18.3 Å². The van der Waals surface area contributed by atoms with Crippen molar-refractivity contribution in [1.29, 1.82) is 0 Å². The Kier molecular flexibility index (Phi) is 6.01. The highest BCUT2D eigenvalue weighted by atomic mass is 32.2. The van der Waals surface area contributed by atoms with E-state index in [1.165, 1.54) is 11.8 Å². The number of aryl methyl sites for hydroxylation is 2. The summed E-state index contributed by atoms with van der Waals surface area (Å²) in [5.41, 5.74) is 3.06. The SMILES string of the molecule is CCc1nc(Sc2ncc(C)c(-c3ccccc3)n2)nc(N2CCN(C)CC2)n1. The first-order valence-corrected chi connectivity index (χ1v) is 10.7. The molecule has 1 saturated heterocycles. The molecule has 0 amide bonds. The highest BCUT2D eigenvalue weighted by Gasteiger charge is 2.19. The van der Waals surface area contributed by atoms with Crippen molar-refractivity contribution >= 4 is 17.7 Å². The second-order valence-corrected chi connectivity index (χ2v) is 8.06. The van der Waals surface area contributed by atoms with Gasteiger partial charge in [0.1, 0.15) is 5.82 Å². The third-order valence-electron chi connectivity index (χ3n) is 4.93. The van der Waals surface area contributed by atoms with E-state index >= 15 is 0 Å². The Balaban J connectivity index is 1.61. The number of benzene rings is 1. The van der Waals surface area contributed by atoms with Gasteiger partial charge in [0.05, 0.1) is 5.69 Å². The van der Waals surface area contributed by atoms with Gasteiger partial charge < -0.3 is 9.80 Å². The number of rotatable bonds is 5. The average Bonchev–Trinajstić information content (AvgIpc) is 2.76. The van der Waals surface area contributed by atoms with Crippen molar-refractivity contribution in [2.75, 3.05) is 38.1 Å². The molecule has 0 spiro atoms. The van der Waals surface area contributed by atoms with Gasteiger partial charge in [-0.25, -0.2) is 15.0 Å². The first-order valence-electron chi connectivity index (χ1n) is 9.87. The van der Waals surface area contributed by atoms with Gasteiger partial charge in [0, 0.05) is 44.4 Å². The number of anilines is 1. The van der Waals surface area contributed by atoms with Gasteiger partial charge in [0.15, 0.2) is 5.16 Å². The minimum atomic E-state index is 0.645. The van der Waals surface area contributed by atoms with Crippen LogP contribution in [0.2, 0.25) is 0 Å². The van der Waals surface area contributed by atoms with E-state index < -0.39 is 0 Å². The normalized spacial score (nSPS) is 14.9. The summed E-state index contributed by atoms with van der Waals surface area (Å²) in [6, 6.07) is 10.2. The van der Waals surface area contributed by atoms with Crippen LogP contribution in [0, 0.1) is 6.92 Å². The number of piperazine rings is 1. The third kappa shape index (κ3) is 4.71. The van der Waals surface area contributed by atoms with E-state index in [-0.39, 0.29) is 0 Å². The molecule has 29 heavy (non-hydrogen) atoms.